The molecule has 4 aromatic carbocycles. The van der Waals surface area contributed by atoms with Crippen LogP contribution >= 0.6 is 0 Å². The second-order valence-electron chi connectivity index (χ2n) is 14.8. The predicted octanol–water partition coefficient (Wildman–Crippen LogP) is 0.433. The molecule has 11 unspecified atom stereocenters. The molecule has 2 heterocycles. The highest BCUT2D eigenvalue weighted by atomic mass is 16.7. The Hall–Kier alpha value is -4.56. The minimum atomic E-state index is -1.74. The van der Waals surface area contributed by atoms with Crippen LogP contribution in [-0.2, 0) is 41.6 Å². The van der Waals surface area contributed by atoms with Gasteiger partial charge in [0.2, 0.25) is 12.2 Å². The maximum Gasteiger partial charge on any atom is 0.238 e. The van der Waals surface area contributed by atoms with Crippen LogP contribution < -0.4 is 20.5 Å². The van der Waals surface area contributed by atoms with Crippen LogP contribution in [0.25, 0.3) is 10.8 Å². The lowest BCUT2D eigenvalue weighted by atomic mass is 9.93. The number of methoxy groups -OCH3 is 1. The third-order valence-corrected chi connectivity index (χ3v) is 10.8. The Labute approximate surface area is 341 Å². The Kier molecular flexibility index (Phi) is 15.0. The summed E-state index contributed by atoms with van der Waals surface area (Å²) in [5, 5.41) is 69.2. The number of carbonyl (C=O) groups is 2. The molecule has 318 valence electrons. The van der Waals surface area contributed by atoms with Crippen molar-refractivity contribution in [2.75, 3.05) is 20.3 Å². The summed E-state index contributed by atoms with van der Waals surface area (Å²) in [5.74, 6) is 0.172. The van der Waals surface area contributed by atoms with Crippen LogP contribution in [0.2, 0.25) is 0 Å². The molecule has 13 atom stereocenters. The quantitative estimate of drug-likeness (QED) is 0.0674. The van der Waals surface area contributed by atoms with Crippen molar-refractivity contribution >= 4 is 23.0 Å². The van der Waals surface area contributed by atoms with Gasteiger partial charge in [0.25, 0.3) is 0 Å². The van der Waals surface area contributed by atoms with Gasteiger partial charge < -0.3 is 74.9 Å². The Morgan fingerprint density at radius 3 is 2.05 bits per heavy atom. The summed E-state index contributed by atoms with van der Waals surface area (Å²) in [7, 11) is 1.59. The third-order valence-electron chi connectivity index (χ3n) is 10.8. The van der Waals surface area contributed by atoms with E-state index in [1.54, 1.807) is 31.4 Å². The summed E-state index contributed by atoms with van der Waals surface area (Å²) >= 11 is 0. The van der Waals surface area contributed by atoms with E-state index in [4.69, 9.17) is 34.2 Å². The van der Waals surface area contributed by atoms with E-state index in [0.29, 0.717) is 17.6 Å². The van der Waals surface area contributed by atoms with Gasteiger partial charge in [0.1, 0.15) is 66.6 Å². The first-order valence-corrected chi connectivity index (χ1v) is 19.3. The molecule has 0 radical (unpaired) electrons. The van der Waals surface area contributed by atoms with Crippen molar-refractivity contribution in [1.82, 2.24) is 5.32 Å². The fourth-order valence-electron chi connectivity index (χ4n) is 7.22. The highest BCUT2D eigenvalue weighted by Gasteiger charge is 2.51. The summed E-state index contributed by atoms with van der Waals surface area (Å²) in [6.07, 6.45) is -14.2. The van der Waals surface area contributed by atoms with Gasteiger partial charge in [-0.25, -0.2) is 0 Å². The Balaban J connectivity index is 1.02. The number of aliphatic hydroxyl groups is 6. The van der Waals surface area contributed by atoms with Gasteiger partial charge in [0.15, 0.2) is 6.29 Å². The zero-order chi connectivity index (χ0) is 42.2. The first-order chi connectivity index (χ1) is 28.4. The first-order valence-electron chi connectivity index (χ1n) is 19.3. The summed E-state index contributed by atoms with van der Waals surface area (Å²) in [6, 6.07) is 25.2. The van der Waals surface area contributed by atoms with E-state index >= 15 is 0 Å². The molecule has 0 spiro atoms. The fraction of sp³-hybridized carbons (Fsp3) is 0.442. The molecule has 9 N–H and O–H groups in total. The van der Waals surface area contributed by atoms with E-state index in [-0.39, 0.29) is 24.7 Å². The van der Waals surface area contributed by atoms with Crippen LogP contribution in [0, 0.1) is 0 Å². The van der Waals surface area contributed by atoms with Gasteiger partial charge in [0.05, 0.1) is 39.0 Å². The Bertz CT molecular complexity index is 1970. The molecule has 2 saturated heterocycles. The van der Waals surface area contributed by atoms with Gasteiger partial charge in [-0.05, 0) is 64.2 Å². The van der Waals surface area contributed by atoms with Gasteiger partial charge in [-0.2, -0.15) is 0 Å². The zero-order valence-corrected chi connectivity index (χ0v) is 32.6. The maximum atomic E-state index is 12.9. The number of ether oxygens (including phenoxy) is 6. The number of benzene rings is 4. The van der Waals surface area contributed by atoms with Crippen LogP contribution in [0.1, 0.15) is 29.5 Å². The smallest absolute Gasteiger partial charge is 0.238 e. The summed E-state index contributed by atoms with van der Waals surface area (Å²) in [4.78, 5) is 24.8. The lowest BCUT2D eigenvalue weighted by Crippen LogP contribution is -2.65. The van der Waals surface area contributed by atoms with Gasteiger partial charge in [-0.3, -0.25) is 4.79 Å². The average Bonchev–Trinajstić information content (AvgIpc) is 3.26. The highest BCUT2D eigenvalue weighted by Crippen LogP contribution is 2.32. The third kappa shape index (κ3) is 10.4. The number of rotatable bonds is 17. The number of nitrogens with two attached hydrogens (primary N) is 1. The van der Waals surface area contributed by atoms with Gasteiger partial charge in [-0.15, -0.1) is 0 Å². The Morgan fingerprint density at radius 2 is 1.37 bits per heavy atom. The molecule has 16 heteroatoms. The van der Waals surface area contributed by atoms with E-state index in [0.717, 1.165) is 21.9 Å². The lowest BCUT2D eigenvalue weighted by molar-refractivity contribution is -0.355. The standard InChI is InChI=1S/C43H52N2O14/c1-23(26-6-4-3-5-7-26)34(44)41(53)45-29(19-46)17-24-9-13-30(14-10-24)56-42-38(52)36(50)40(33(21-48)58-42)59-43-37(51)35(49)39(32(20-47)57-43)55-22-25-8-11-28-18-31(54-2)15-12-27(28)16-25/h3-16,18-19,23,29,32-40,42-43,47-52H,17,20-22,44H2,1-2H3,(H,45,53)/t23?,29-,32?,33?,34-,35?,36?,37?,38?,39?,40?,42?,43?/m0/s1. The van der Waals surface area contributed by atoms with Crippen molar-refractivity contribution in [3.8, 4) is 11.5 Å². The maximum absolute atomic E-state index is 12.9. The number of aliphatic hydroxyl groups excluding tert-OH is 6. The topological polar surface area (TPSA) is 249 Å². The average molecular weight is 821 g/mol. The SMILES string of the molecule is COc1ccc2cc(COC3C(CO)OC(OC4C(CO)OC(Oc5ccc(C[C@@H](C=O)NC(=O)[C@@H](N)C(C)c6ccccc6)cc5)C(O)C4O)C(O)C3O)ccc2c1. The van der Waals surface area contributed by atoms with Gasteiger partial charge in [-0.1, -0.05) is 67.6 Å². The van der Waals surface area contributed by atoms with Crippen molar-refractivity contribution in [3.05, 3.63) is 108 Å². The van der Waals surface area contributed by atoms with E-state index in [2.05, 4.69) is 5.32 Å². The van der Waals surface area contributed by atoms with E-state index in [9.17, 15) is 40.2 Å². The van der Waals surface area contributed by atoms with Gasteiger partial charge >= 0.3 is 0 Å². The molecule has 0 saturated carbocycles. The van der Waals surface area contributed by atoms with Crippen molar-refractivity contribution in [1.29, 1.82) is 0 Å². The summed E-state index contributed by atoms with van der Waals surface area (Å²) < 4.78 is 34.4. The largest absolute Gasteiger partial charge is 0.497 e. The van der Waals surface area contributed by atoms with E-state index in [1.165, 1.54) is 0 Å². The summed E-state index contributed by atoms with van der Waals surface area (Å²) in [6.45, 7) is 0.520. The normalized spacial score (nSPS) is 28.6. The molecule has 2 aliphatic rings. The number of aldehydes is 1. The van der Waals surface area contributed by atoms with Crippen molar-refractivity contribution in [2.24, 2.45) is 5.73 Å². The van der Waals surface area contributed by atoms with Crippen molar-refractivity contribution < 1.29 is 68.6 Å². The fourth-order valence-corrected chi connectivity index (χ4v) is 7.22. The van der Waals surface area contributed by atoms with E-state index < -0.39 is 92.6 Å². The van der Waals surface area contributed by atoms with Gasteiger partial charge in [0, 0.05) is 5.92 Å². The number of fused-ring (bicyclic) bond motifs is 1. The van der Waals surface area contributed by atoms with E-state index in [1.807, 2.05) is 73.7 Å². The van der Waals surface area contributed by atoms with Crippen LogP contribution in [0.5, 0.6) is 11.5 Å². The second kappa shape index (κ2) is 20.1. The predicted molar refractivity (Wildman–Crippen MR) is 211 cm³/mol. The first kappa shape index (κ1) is 44.0. The molecular formula is C43H52N2O14. The zero-order valence-electron chi connectivity index (χ0n) is 32.6. The van der Waals surface area contributed by atoms with Crippen LogP contribution in [0.4, 0.5) is 0 Å². The minimum Gasteiger partial charge on any atom is -0.497 e. The van der Waals surface area contributed by atoms with Crippen LogP contribution in [0.3, 0.4) is 0 Å². The number of amides is 1. The monoisotopic (exact) mass is 820 g/mol. The number of carbonyl (C=O) groups excluding carboxylic acids is 2. The molecular weight excluding hydrogens is 768 g/mol. The molecule has 0 aromatic heterocycles. The van der Waals surface area contributed by atoms with Crippen molar-refractivity contribution in [2.45, 2.75) is 99.4 Å². The molecule has 59 heavy (non-hydrogen) atoms. The molecule has 2 fully saturated rings. The molecule has 0 bridgehead atoms. The van der Waals surface area contributed by atoms with Crippen LogP contribution in [-0.4, -0.2) is 137 Å². The van der Waals surface area contributed by atoms with Crippen LogP contribution in [0.15, 0.2) is 91.0 Å². The number of hydrogen-bond donors (Lipinski definition) is 8. The molecule has 16 nitrogen and oxygen atoms in total. The Morgan fingerprint density at radius 1 is 0.780 bits per heavy atom. The minimum absolute atomic E-state index is 0.0154. The molecule has 1 amide bonds. The second-order valence-corrected chi connectivity index (χ2v) is 14.8. The molecule has 0 aliphatic carbocycles. The molecule has 4 aromatic rings. The summed E-state index contributed by atoms with van der Waals surface area (Å²) in [5.41, 5.74) is 8.53. The number of hydrogen-bond acceptors (Lipinski definition) is 15. The lowest BCUT2D eigenvalue weighted by Gasteiger charge is -2.46. The van der Waals surface area contributed by atoms with Crippen molar-refractivity contribution in [3.63, 3.8) is 0 Å². The number of nitrogens with one attached hydrogen (secondary N) is 1. The molecule has 2 aliphatic heterocycles. The molecule has 6 rings (SSSR count). The highest BCUT2D eigenvalue weighted by molar-refractivity contribution is 5.85.